The Hall–Kier alpha value is -1.16. The van der Waals surface area contributed by atoms with Crippen LogP contribution in [0, 0.1) is 34.5 Å². The van der Waals surface area contributed by atoms with Crippen LogP contribution < -0.4 is 0 Å². The van der Waals surface area contributed by atoms with E-state index in [-0.39, 0.29) is 5.79 Å². The van der Waals surface area contributed by atoms with E-state index in [4.69, 9.17) is 14.2 Å². The van der Waals surface area contributed by atoms with Gasteiger partial charge in [-0.1, -0.05) is 55.8 Å². The van der Waals surface area contributed by atoms with Crippen LogP contribution in [0.4, 0.5) is 0 Å². The molecule has 3 nitrogen and oxygen atoms in total. The van der Waals surface area contributed by atoms with E-state index in [9.17, 15) is 0 Å². The lowest BCUT2D eigenvalue weighted by Crippen LogP contribution is -2.53. The van der Waals surface area contributed by atoms with Gasteiger partial charge in [-0.25, -0.2) is 0 Å². The van der Waals surface area contributed by atoms with Crippen LogP contribution in [0.25, 0.3) is 0 Å². The van der Waals surface area contributed by atoms with E-state index < -0.39 is 0 Å². The van der Waals surface area contributed by atoms with E-state index in [2.05, 4.69) is 57.2 Å². The summed E-state index contributed by atoms with van der Waals surface area (Å²) in [7, 11) is 0. The lowest BCUT2D eigenvalue weighted by atomic mass is 9.47. The van der Waals surface area contributed by atoms with Crippen molar-refractivity contribution in [2.45, 2.75) is 90.6 Å². The Labute approximate surface area is 200 Å². The van der Waals surface area contributed by atoms with Crippen LogP contribution in [0.5, 0.6) is 0 Å². The molecule has 3 heteroatoms. The highest BCUT2D eigenvalue weighted by molar-refractivity contribution is 5.26. The van der Waals surface area contributed by atoms with Crippen LogP contribution in [0.3, 0.4) is 0 Å². The van der Waals surface area contributed by atoms with Crippen LogP contribution in [0.1, 0.15) is 77.7 Å². The molecule has 0 aromatic heterocycles. The van der Waals surface area contributed by atoms with Gasteiger partial charge < -0.3 is 14.2 Å². The molecule has 0 bridgehead atoms. The molecule has 180 valence electrons. The molecule has 5 aliphatic rings. The Bertz CT molecular complexity index is 887. The molecule has 3 saturated carbocycles. The summed E-state index contributed by atoms with van der Waals surface area (Å²) in [6.45, 7) is 9.67. The van der Waals surface area contributed by atoms with Crippen molar-refractivity contribution < 1.29 is 14.2 Å². The Kier molecular flexibility index (Phi) is 5.55. The van der Waals surface area contributed by atoms with Gasteiger partial charge in [0.05, 0.1) is 25.9 Å². The van der Waals surface area contributed by atoms with Gasteiger partial charge in [-0.15, -0.1) is 0 Å². The molecule has 0 amide bonds. The van der Waals surface area contributed by atoms with Crippen molar-refractivity contribution in [3.05, 3.63) is 47.5 Å². The molecule has 7 atom stereocenters. The summed E-state index contributed by atoms with van der Waals surface area (Å²) >= 11 is 0. The number of fused-ring (bicyclic) bond motifs is 5. The first-order valence-electron chi connectivity index (χ1n) is 13.6. The van der Waals surface area contributed by atoms with E-state index in [0.717, 1.165) is 44.0 Å². The van der Waals surface area contributed by atoms with Crippen molar-refractivity contribution in [3.8, 4) is 0 Å². The third-order valence-electron chi connectivity index (χ3n) is 10.9. The lowest BCUT2D eigenvalue weighted by Gasteiger charge is -2.59. The number of hydrogen-bond donors (Lipinski definition) is 0. The van der Waals surface area contributed by atoms with Crippen molar-refractivity contribution in [1.82, 2.24) is 0 Å². The van der Waals surface area contributed by atoms with Crippen LogP contribution >= 0.6 is 0 Å². The Morgan fingerprint density at radius 2 is 1.70 bits per heavy atom. The molecule has 1 aliphatic heterocycles. The number of ether oxygens (including phenoxy) is 3. The number of rotatable bonds is 4. The largest absolute Gasteiger partial charge is 0.373 e. The minimum Gasteiger partial charge on any atom is -0.373 e. The molecule has 0 radical (unpaired) electrons. The van der Waals surface area contributed by atoms with Gasteiger partial charge in [0, 0.05) is 5.92 Å². The molecular formula is C30H42O3. The van der Waals surface area contributed by atoms with E-state index in [1.54, 1.807) is 5.57 Å². The van der Waals surface area contributed by atoms with Crippen LogP contribution in [-0.4, -0.2) is 25.1 Å². The Morgan fingerprint density at radius 1 is 0.909 bits per heavy atom. The predicted octanol–water partition coefficient (Wildman–Crippen LogP) is 6.91. The van der Waals surface area contributed by atoms with Crippen molar-refractivity contribution in [2.24, 2.45) is 34.5 Å². The monoisotopic (exact) mass is 450 g/mol. The zero-order chi connectivity index (χ0) is 22.7. The fourth-order valence-electron chi connectivity index (χ4n) is 9.15. The van der Waals surface area contributed by atoms with Gasteiger partial charge in [-0.2, -0.15) is 0 Å². The molecule has 1 heterocycles. The van der Waals surface area contributed by atoms with Crippen molar-refractivity contribution in [3.63, 3.8) is 0 Å². The number of hydrogen-bond acceptors (Lipinski definition) is 3. The number of allylic oxidation sites excluding steroid dienone is 1. The van der Waals surface area contributed by atoms with Crippen molar-refractivity contribution >= 4 is 0 Å². The first-order chi connectivity index (χ1) is 15.9. The quantitative estimate of drug-likeness (QED) is 0.466. The van der Waals surface area contributed by atoms with Gasteiger partial charge in [0.1, 0.15) is 0 Å². The van der Waals surface area contributed by atoms with Crippen LogP contribution in [0.2, 0.25) is 0 Å². The molecule has 1 aromatic carbocycles. The zero-order valence-electron chi connectivity index (χ0n) is 20.9. The molecule has 0 N–H and O–H groups in total. The molecule has 6 rings (SSSR count). The molecule has 0 spiro atoms. The summed E-state index contributed by atoms with van der Waals surface area (Å²) in [4.78, 5) is 0. The first kappa shape index (κ1) is 22.3. The molecular weight excluding hydrogens is 408 g/mol. The van der Waals surface area contributed by atoms with Gasteiger partial charge in [-0.3, -0.25) is 0 Å². The van der Waals surface area contributed by atoms with E-state index in [1.807, 2.05) is 0 Å². The summed E-state index contributed by atoms with van der Waals surface area (Å²) in [5.41, 5.74) is 3.73. The van der Waals surface area contributed by atoms with E-state index in [0.29, 0.717) is 22.9 Å². The van der Waals surface area contributed by atoms with E-state index in [1.165, 1.54) is 50.5 Å². The van der Waals surface area contributed by atoms with Gasteiger partial charge in [-0.05, 0) is 92.4 Å². The number of benzene rings is 1. The summed E-state index contributed by atoms with van der Waals surface area (Å²) in [6, 6.07) is 10.6. The van der Waals surface area contributed by atoms with E-state index >= 15 is 0 Å². The predicted molar refractivity (Wildman–Crippen MR) is 131 cm³/mol. The third-order valence-corrected chi connectivity index (χ3v) is 10.9. The average Bonchev–Trinajstić information content (AvgIpc) is 3.42. The first-order valence-corrected chi connectivity index (χ1v) is 13.6. The second kappa shape index (κ2) is 8.21. The fraction of sp³-hybridized carbons (Fsp3) is 0.733. The second-order valence-corrected chi connectivity index (χ2v) is 12.3. The van der Waals surface area contributed by atoms with Crippen molar-refractivity contribution in [1.29, 1.82) is 0 Å². The topological polar surface area (TPSA) is 27.7 Å². The zero-order valence-corrected chi connectivity index (χ0v) is 20.9. The summed E-state index contributed by atoms with van der Waals surface area (Å²) < 4.78 is 18.8. The average molecular weight is 451 g/mol. The Balaban J connectivity index is 1.17. The normalized spacial score (nSPS) is 44.0. The minimum atomic E-state index is -0.357. The highest BCUT2D eigenvalue weighted by Gasteiger charge is 2.62. The molecule has 4 aliphatic carbocycles. The van der Waals surface area contributed by atoms with Crippen LogP contribution in [0.15, 0.2) is 42.0 Å². The summed E-state index contributed by atoms with van der Waals surface area (Å²) in [5.74, 6) is 2.66. The van der Waals surface area contributed by atoms with Gasteiger partial charge >= 0.3 is 0 Å². The van der Waals surface area contributed by atoms with Crippen LogP contribution in [-0.2, 0) is 20.8 Å². The van der Waals surface area contributed by atoms with Gasteiger partial charge in [0.2, 0.25) is 0 Å². The maximum atomic E-state index is 6.40. The highest BCUT2D eigenvalue weighted by atomic mass is 16.7. The molecule has 4 fully saturated rings. The smallest absolute Gasteiger partial charge is 0.169 e. The minimum absolute atomic E-state index is 0.357. The standard InChI is InChI=1S/C30H42O3/c1-28-15-13-23(31-20-21-7-5-4-6-8-21)19-22(28)9-10-24-25-11-12-27(30(3)32-17-18-33-30)29(25,2)16-14-26(24)28/h4-9,23-27H,10-20H2,1-3H3/t23-,24?,25?,26?,27?,28-,29-/m0/s1. The maximum Gasteiger partial charge on any atom is 0.169 e. The molecule has 1 aromatic rings. The summed E-state index contributed by atoms with van der Waals surface area (Å²) in [6.07, 6.45) is 13.3. The third kappa shape index (κ3) is 3.56. The molecule has 33 heavy (non-hydrogen) atoms. The summed E-state index contributed by atoms with van der Waals surface area (Å²) in [5, 5.41) is 0. The van der Waals surface area contributed by atoms with Gasteiger partial charge in [0.25, 0.3) is 0 Å². The molecule has 4 unspecified atom stereocenters. The fourth-order valence-corrected chi connectivity index (χ4v) is 9.15. The SMILES string of the molecule is CC1(C2CCC3C4CC=C5C[C@@H](OCc6ccccc6)CC[C@]5(C)C4CC[C@@]32C)OCCO1. The Morgan fingerprint density at radius 3 is 2.48 bits per heavy atom. The second-order valence-electron chi connectivity index (χ2n) is 12.3. The van der Waals surface area contributed by atoms with Crippen molar-refractivity contribution in [2.75, 3.05) is 13.2 Å². The maximum absolute atomic E-state index is 6.40. The lowest BCUT2D eigenvalue weighted by molar-refractivity contribution is -0.214. The highest BCUT2D eigenvalue weighted by Crippen LogP contribution is 2.68. The molecule has 1 saturated heterocycles. The van der Waals surface area contributed by atoms with Gasteiger partial charge in [0.15, 0.2) is 5.79 Å².